The first-order chi connectivity index (χ1) is 20.9. The molecule has 2 aliphatic rings. The highest BCUT2D eigenvalue weighted by Crippen LogP contribution is 2.39. The van der Waals surface area contributed by atoms with Crippen LogP contribution in [-0.2, 0) is 14.3 Å². The van der Waals surface area contributed by atoms with Crippen LogP contribution in [0.1, 0.15) is 61.2 Å². The summed E-state index contributed by atoms with van der Waals surface area (Å²) in [5, 5.41) is 14.8. The van der Waals surface area contributed by atoms with Gasteiger partial charge in [0.1, 0.15) is 11.9 Å². The molecule has 4 aromatic rings. The molecule has 0 spiro atoms. The Bertz CT molecular complexity index is 1610. The second kappa shape index (κ2) is 12.2. The molecule has 0 amide bonds. The van der Waals surface area contributed by atoms with E-state index in [9.17, 15) is 14.7 Å². The van der Waals surface area contributed by atoms with E-state index in [1.807, 2.05) is 42.5 Å². The van der Waals surface area contributed by atoms with Gasteiger partial charge in [0.05, 0.1) is 36.4 Å². The molecule has 1 saturated carbocycles. The Morgan fingerprint density at radius 1 is 1.05 bits per heavy atom. The number of ketones is 1. The minimum atomic E-state index is -1.37. The summed E-state index contributed by atoms with van der Waals surface area (Å²) < 4.78 is 13.6. The molecule has 4 heterocycles. The zero-order valence-corrected chi connectivity index (χ0v) is 24.2. The first kappa shape index (κ1) is 28.9. The molecule has 0 radical (unpaired) electrons. The number of carbonyl (C=O) groups is 2. The number of nitrogens with two attached hydrogens (primary N) is 1. The monoisotopic (exact) mass is 584 g/mol. The van der Waals surface area contributed by atoms with Crippen molar-refractivity contribution in [3.63, 3.8) is 0 Å². The van der Waals surface area contributed by atoms with E-state index in [0.717, 1.165) is 36.1 Å². The molecule has 2 fully saturated rings. The van der Waals surface area contributed by atoms with Gasteiger partial charge in [0.15, 0.2) is 17.0 Å². The maximum atomic E-state index is 13.1. The van der Waals surface area contributed by atoms with Crippen molar-refractivity contribution in [1.29, 1.82) is 0 Å². The van der Waals surface area contributed by atoms with Crippen LogP contribution in [0, 0.1) is 0 Å². The molecule has 1 aliphatic carbocycles. The smallest absolute Gasteiger partial charge is 0.336 e. The van der Waals surface area contributed by atoms with Gasteiger partial charge in [-0.05, 0) is 38.7 Å². The number of aromatic nitrogens is 4. The van der Waals surface area contributed by atoms with Gasteiger partial charge < -0.3 is 20.3 Å². The summed E-state index contributed by atoms with van der Waals surface area (Å²) in [4.78, 5) is 37.6. The number of nitrogen functional groups attached to an aromatic ring is 1. The van der Waals surface area contributed by atoms with E-state index in [1.54, 1.807) is 12.4 Å². The van der Waals surface area contributed by atoms with Gasteiger partial charge in [-0.25, -0.2) is 9.78 Å². The molecule has 1 aromatic carbocycles. The predicted molar refractivity (Wildman–Crippen MR) is 161 cm³/mol. The quantitative estimate of drug-likeness (QED) is 0.271. The first-order valence-corrected chi connectivity index (χ1v) is 14.8. The predicted octanol–water partition coefficient (Wildman–Crippen LogP) is 4.42. The zero-order chi connectivity index (χ0) is 30.0. The lowest BCUT2D eigenvalue weighted by atomic mass is 9.84. The maximum Gasteiger partial charge on any atom is 0.336 e. The number of carboxylic acid groups (broad SMARTS) is 1. The normalized spacial score (nSPS) is 18.0. The molecule has 6 rings (SSSR count). The van der Waals surface area contributed by atoms with Crippen molar-refractivity contribution in [2.24, 2.45) is 0 Å². The maximum absolute atomic E-state index is 13.1. The summed E-state index contributed by atoms with van der Waals surface area (Å²) in [6, 6.07) is 13.8. The standard InChI is InChI=1S/C32H36N6O5/c1-21(39)27-28(26(20-37-14-16-42-17-15-37)43-32(31(40)41)12-6-3-7-13-32)36-30-24(19-35-38(30)29(27)33)23-10-11-25(34-18-23)22-8-4-2-5-9-22/h2,4-5,8-11,18-19,26H,3,6-7,12-17,20,33H2,1H3,(H,40,41). The Hall–Kier alpha value is -4.19. The minimum Gasteiger partial charge on any atom is -0.479 e. The van der Waals surface area contributed by atoms with E-state index in [0.29, 0.717) is 62.6 Å². The second-order valence-electron chi connectivity index (χ2n) is 11.3. The molecule has 0 bridgehead atoms. The molecule has 3 N–H and O–H groups in total. The Morgan fingerprint density at radius 2 is 1.79 bits per heavy atom. The van der Waals surface area contributed by atoms with Crippen molar-refractivity contribution in [3.05, 3.63) is 66.1 Å². The van der Waals surface area contributed by atoms with Crippen LogP contribution in [0.5, 0.6) is 0 Å². The van der Waals surface area contributed by atoms with Gasteiger partial charge >= 0.3 is 5.97 Å². The third-order valence-corrected chi connectivity index (χ3v) is 8.46. The Labute approximate surface area is 249 Å². The molecule has 1 aliphatic heterocycles. The fourth-order valence-corrected chi connectivity index (χ4v) is 6.14. The van der Waals surface area contributed by atoms with Crippen molar-refractivity contribution in [2.75, 3.05) is 38.6 Å². The van der Waals surface area contributed by atoms with Crippen LogP contribution in [-0.4, -0.2) is 79.8 Å². The molecule has 3 aromatic heterocycles. The number of nitrogens with zero attached hydrogens (tertiary/aromatic N) is 5. The average molecular weight is 585 g/mol. The third kappa shape index (κ3) is 5.75. The van der Waals surface area contributed by atoms with Gasteiger partial charge in [0, 0.05) is 42.5 Å². The summed E-state index contributed by atoms with van der Waals surface area (Å²) in [7, 11) is 0. The second-order valence-corrected chi connectivity index (χ2v) is 11.3. The number of rotatable bonds is 9. The SMILES string of the molecule is CC(=O)c1c(C(CN2CCOCC2)OC2(C(=O)O)CCCCC2)nc2c(-c3ccc(-c4ccccc4)nc3)cnn2c1N. The van der Waals surface area contributed by atoms with Crippen molar-refractivity contribution >= 4 is 23.2 Å². The number of fused-ring (bicyclic) bond motifs is 1. The van der Waals surface area contributed by atoms with Crippen LogP contribution in [0.25, 0.3) is 28.0 Å². The summed E-state index contributed by atoms with van der Waals surface area (Å²) in [5.74, 6) is -1.15. The van der Waals surface area contributed by atoms with E-state index in [4.69, 9.17) is 20.2 Å². The average Bonchev–Trinajstić information content (AvgIpc) is 3.46. The fraction of sp³-hybridized carbons (Fsp3) is 0.406. The largest absolute Gasteiger partial charge is 0.479 e. The van der Waals surface area contributed by atoms with E-state index in [2.05, 4.69) is 15.0 Å². The number of hydrogen-bond donors (Lipinski definition) is 2. The number of Topliss-reactive ketones (excluding diaryl/α,β-unsaturated/α-hetero) is 1. The number of pyridine rings is 1. The summed E-state index contributed by atoms with van der Waals surface area (Å²) >= 11 is 0. The lowest BCUT2D eigenvalue weighted by Gasteiger charge is -2.39. The fourth-order valence-electron chi connectivity index (χ4n) is 6.14. The molecule has 1 atom stereocenters. The van der Waals surface area contributed by atoms with Crippen molar-refractivity contribution in [3.8, 4) is 22.4 Å². The van der Waals surface area contributed by atoms with Gasteiger partial charge in [0.2, 0.25) is 0 Å². The van der Waals surface area contributed by atoms with Gasteiger partial charge in [-0.3, -0.25) is 14.7 Å². The topological polar surface area (TPSA) is 145 Å². The zero-order valence-electron chi connectivity index (χ0n) is 24.2. The van der Waals surface area contributed by atoms with Crippen molar-refractivity contribution in [1.82, 2.24) is 24.5 Å². The lowest BCUT2D eigenvalue weighted by molar-refractivity contribution is -0.183. The van der Waals surface area contributed by atoms with E-state index >= 15 is 0 Å². The van der Waals surface area contributed by atoms with Crippen molar-refractivity contribution < 1.29 is 24.2 Å². The Kier molecular flexibility index (Phi) is 8.20. The lowest BCUT2D eigenvalue weighted by Crippen LogP contribution is -2.47. The Morgan fingerprint density at radius 3 is 2.44 bits per heavy atom. The van der Waals surface area contributed by atoms with Gasteiger partial charge in [-0.2, -0.15) is 9.61 Å². The summed E-state index contributed by atoms with van der Waals surface area (Å²) in [5.41, 5.74) is 9.51. The van der Waals surface area contributed by atoms with Crippen LogP contribution in [0.3, 0.4) is 0 Å². The molecule has 11 heteroatoms. The van der Waals surface area contributed by atoms with E-state index in [1.165, 1.54) is 11.4 Å². The number of benzene rings is 1. The highest BCUT2D eigenvalue weighted by Gasteiger charge is 2.44. The summed E-state index contributed by atoms with van der Waals surface area (Å²) in [6.07, 6.45) is 5.85. The number of carboxylic acids is 1. The van der Waals surface area contributed by atoms with Crippen LogP contribution in [0.15, 0.2) is 54.9 Å². The van der Waals surface area contributed by atoms with Gasteiger partial charge in [-0.15, -0.1) is 0 Å². The molecule has 43 heavy (non-hydrogen) atoms. The molecular weight excluding hydrogens is 548 g/mol. The van der Waals surface area contributed by atoms with Crippen LogP contribution >= 0.6 is 0 Å². The highest BCUT2D eigenvalue weighted by atomic mass is 16.5. The van der Waals surface area contributed by atoms with Crippen LogP contribution < -0.4 is 5.73 Å². The number of aliphatic carboxylic acids is 1. The summed E-state index contributed by atoms with van der Waals surface area (Å²) in [6.45, 7) is 4.21. The number of morpholine rings is 1. The van der Waals surface area contributed by atoms with Crippen LogP contribution in [0.4, 0.5) is 5.82 Å². The Balaban J connectivity index is 1.46. The third-order valence-electron chi connectivity index (χ3n) is 8.46. The van der Waals surface area contributed by atoms with E-state index < -0.39 is 17.7 Å². The number of anilines is 1. The highest BCUT2D eigenvalue weighted by molar-refractivity contribution is 6.00. The minimum absolute atomic E-state index is 0.135. The molecule has 11 nitrogen and oxygen atoms in total. The van der Waals surface area contributed by atoms with Crippen LogP contribution in [0.2, 0.25) is 0 Å². The van der Waals surface area contributed by atoms with E-state index in [-0.39, 0.29) is 17.2 Å². The first-order valence-electron chi connectivity index (χ1n) is 14.8. The molecule has 224 valence electrons. The number of carbonyl (C=O) groups excluding carboxylic acids is 1. The van der Waals surface area contributed by atoms with Crippen molar-refractivity contribution in [2.45, 2.75) is 50.7 Å². The molecule has 1 saturated heterocycles. The van der Waals surface area contributed by atoms with Gasteiger partial charge in [-0.1, -0.05) is 42.8 Å². The number of hydrogen-bond acceptors (Lipinski definition) is 9. The molecular formula is C32H36N6O5. The van der Waals surface area contributed by atoms with Gasteiger partial charge in [0.25, 0.3) is 0 Å². The number of ether oxygens (including phenoxy) is 2. The molecule has 1 unspecified atom stereocenters.